The third kappa shape index (κ3) is 6.97. The fourth-order valence-corrected chi connectivity index (χ4v) is 3.77. The molecule has 3 rings (SSSR count). The highest BCUT2D eigenvalue weighted by Crippen LogP contribution is 2.35. The maximum Gasteiger partial charge on any atom is 0.303 e. The number of benzene rings is 1. The number of ether oxygens (including phenoxy) is 1. The molecule has 2 aromatic rings. The van der Waals surface area contributed by atoms with Gasteiger partial charge in [0.2, 0.25) is 0 Å². The van der Waals surface area contributed by atoms with Crippen LogP contribution in [0.5, 0.6) is 0 Å². The molecule has 1 heterocycles. The van der Waals surface area contributed by atoms with Crippen molar-refractivity contribution in [1.29, 1.82) is 5.26 Å². The van der Waals surface area contributed by atoms with Gasteiger partial charge >= 0.3 is 5.97 Å². The summed E-state index contributed by atoms with van der Waals surface area (Å²) in [6.07, 6.45) is 5.90. The molecule has 0 radical (unpaired) electrons. The third-order valence-corrected chi connectivity index (χ3v) is 5.23. The van der Waals surface area contributed by atoms with E-state index in [1.165, 1.54) is 13.0 Å². The van der Waals surface area contributed by atoms with Crippen molar-refractivity contribution in [1.82, 2.24) is 10.3 Å². The lowest BCUT2D eigenvalue weighted by atomic mass is 9.91. The van der Waals surface area contributed by atoms with E-state index in [1.54, 1.807) is 18.2 Å². The zero-order chi connectivity index (χ0) is 21.3. The predicted molar refractivity (Wildman–Crippen MR) is 123 cm³/mol. The highest BCUT2D eigenvalue weighted by molar-refractivity contribution is 7.59. The van der Waals surface area contributed by atoms with E-state index in [9.17, 15) is 14.9 Å². The lowest BCUT2D eigenvalue weighted by molar-refractivity contribution is -0.142. The van der Waals surface area contributed by atoms with Crippen molar-refractivity contribution < 1.29 is 14.3 Å². The summed E-state index contributed by atoms with van der Waals surface area (Å²) in [6, 6.07) is 16.9. The van der Waals surface area contributed by atoms with Gasteiger partial charge in [0.15, 0.2) is 0 Å². The van der Waals surface area contributed by atoms with Crippen LogP contribution in [0.3, 0.4) is 0 Å². The smallest absolute Gasteiger partial charge is 0.303 e. The van der Waals surface area contributed by atoms with Crippen LogP contribution < -0.4 is 5.32 Å². The number of hydrogen-bond acceptors (Lipinski definition) is 5. The van der Waals surface area contributed by atoms with E-state index in [4.69, 9.17) is 4.74 Å². The van der Waals surface area contributed by atoms with Gasteiger partial charge in [0.25, 0.3) is 5.91 Å². The van der Waals surface area contributed by atoms with Gasteiger partial charge in [-0.15, -0.1) is 0 Å². The standard InChI is InChI=1S/C24H25N3O3.H2S/c1-17(28)30-16-22-13-7-12-21(26-22)14-20(15-25)24(29)27-23(19-10-5-6-11-19)18-8-3-2-4-9-18;/h2-4,7-9,12-14,19,23H,5-6,10-11,16H2,1H3,(H,27,29);1H2/b20-14+;/t23-;/m1./s1. The average Bonchev–Trinajstić information content (AvgIpc) is 3.29. The first kappa shape index (κ1) is 24.2. The van der Waals surface area contributed by atoms with E-state index in [-0.39, 0.29) is 31.7 Å². The van der Waals surface area contributed by atoms with Crippen LogP contribution in [0.2, 0.25) is 0 Å². The first-order chi connectivity index (χ1) is 14.6. The summed E-state index contributed by atoms with van der Waals surface area (Å²) >= 11 is 0. The fourth-order valence-electron chi connectivity index (χ4n) is 3.77. The van der Waals surface area contributed by atoms with Crippen molar-refractivity contribution in [2.24, 2.45) is 5.92 Å². The molecule has 0 spiro atoms. The molecular formula is C24H27N3O3S. The second kappa shape index (κ2) is 11.9. The third-order valence-electron chi connectivity index (χ3n) is 5.23. The molecule has 1 amide bonds. The summed E-state index contributed by atoms with van der Waals surface area (Å²) in [5.74, 6) is -0.444. The lowest BCUT2D eigenvalue weighted by Gasteiger charge is -2.25. The van der Waals surface area contributed by atoms with Crippen LogP contribution in [0.4, 0.5) is 0 Å². The molecule has 7 heteroatoms. The van der Waals surface area contributed by atoms with Gasteiger partial charge in [0.05, 0.1) is 17.4 Å². The van der Waals surface area contributed by atoms with Gasteiger partial charge in [-0.1, -0.05) is 49.2 Å². The Kier molecular flexibility index (Phi) is 9.29. The summed E-state index contributed by atoms with van der Waals surface area (Å²) in [5.41, 5.74) is 2.05. The Labute approximate surface area is 189 Å². The van der Waals surface area contributed by atoms with E-state index in [0.717, 1.165) is 31.2 Å². The van der Waals surface area contributed by atoms with E-state index in [2.05, 4.69) is 10.3 Å². The van der Waals surface area contributed by atoms with Crippen LogP contribution in [-0.2, 0) is 20.9 Å². The Morgan fingerprint density at radius 3 is 2.55 bits per heavy atom. The Bertz CT molecular complexity index is 964. The molecule has 0 unspecified atom stereocenters. The van der Waals surface area contributed by atoms with Crippen LogP contribution in [0, 0.1) is 17.2 Å². The van der Waals surface area contributed by atoms with Crippen molar-refractivity contribution in [2.45, 2.75) is 45.3 Å². The molecule has 1 aliphatic carbocycles. The molecular weight excluding hydrogens is 410 g/mol. The Morgan fingerprint density at radius 1 is 1.19 bits per heavy atom. The molecule has 0 aliphatic heterocycles. The quantitative estimate of drug-likeness (QED) is 0.398. The van der Waals surface area contributed by atoms with Crippen molar-refractivity contribution >= 4 is 31.4 Å². The fraction of sp³-hybridized carbons (Fsp3) is 0.333. The number of rotatable bonds is 7. The number of nitrogens with zero attached hydrogens (tertiary/aromatic N) is 2. The molecule has 1 aromatic carbocycles. The number of nitrogens with one attached hydrogen (secondary N) is 1. The van der Waals surface area contributed by atoms with Gasteiger partial charge < -0.3 is 10.1 Å². The van der Waals surface area contributed by atoms with Crippen LogP contribution in [0.25, 0.3) is 6.08 Å². The normalized spacial score (nSPS) is 14.8. The summed E-state index contributed by atoms with van der Waals surface area (Å²) in [4.78, 5) is 28.3. The molecule has 1 atom stereocenters. The van der Waals surface area contributed by atoms with Gasteiger partial charge in [-0.2, -0.15) is 18.8 Å². The van der Waals surface area contributed by atoms with Crippen LogP contribution >= 0.6 is 13.5 Å². The van der Waals surface area contributed by atoms with Crippen molar-refractivity contribution in [3.8, 4) is 6.07 Å². The number of pyridine rings is 1. The van der Waals surface area contributed by atoms with E-state index < -0.39 is 11.9 Å². The van der Waals surface area contributed by atoms with E-state index in [0.29, 0.717) is 17.3 Å². The average molecular weight is 438 g/mol. The summed E-state index contributed by atoms with van der Waals surface area (Å²) in [6.45, 7) is 1.37. The Balaban J connectivity index is 0.00000341. The molecule has 0 saturated heterocycles. The molecule has 1 saturated carbocycles. The zero-order valence-electron chi connectivity index (χ0n) is 17.5. The maximum atomic E-state index is 12.9. The number of carbonyl (C=O) groups excluding carboxylic acids is 2. The molecule has 1 fully saturated rings. The summed E-state index contributed by atoms with van der Waals surface area (Å²) in [7, 11) is 0. The molecule has 1 N–H and O–H groups in total. The highest BCUT2D eigenvalue weighted by Gasteiger charge is 2.28. The molecule has 6 nitrogen and oxygen atoms in total. The minimum atomic E-state index is -0.412. The SMILES string of the molecule is CC(=O)OCc1cccc(/C=C(\C#N)C(=O)N[C@H](c2ccccc2)C2CCCC2)n1.S. The highest BCUT2D eigenvalue weighted by atomic mass is 32.1. The van der Waals surface area contributed by atoms with E-state index >= 15 is 0 Å². The molecule has 31 heavy (non-hydrogen) atoms. The van der Waals surface area contributed by atoms with Gasteiger partial charge in [-0.3, -0.25) is 9.59 Å². The second-order valence-electron chi connectivity index (χ2n) is 7.41. The molecule has 1 aliphatic rings. The monoisotopic (exact) mass is 437 g/mol. The minimum absolute atomic E-state index is 0. The number of amides is 1. The predicted octanol–water partition coefficient (Wildman–Crippen LogP) is 4.21. The van der Waals surface area contributed by atoms with Gasteiger partial charge in [0, 0.05) is 6.92 Å². The van der Waals surface area contributed by atoms with Gasteiger partial charge in [-0.05, 0) is 42.5 Å². The van der Waals surface area contributed by atoms with E-state index in [1.807, 2.05) is 36.4 Å². The topological polar surface area (TPSA) is 92.1 Å². The lowest BCUT2D eigenvalue weighted by Crippen LogP contribution is -2.33. The van der Waals surface area contributed by atoms with Gasteiger partial charge in [0.1, 0.15) is 18.2 Å². The van der Waals surface area contributed by atoms with Gasteiger partial charge in [-0.25, -0.2) is 4.98 Å². The first-order valence-electron chi connectivity index (χ1n) is 10.1. The number of hydrogen-bond donors (Lipinski definition) is 1. The van der Waals surface area contributed by atoms with Crippen LogP contribution in [-0.4, -0.2) is 16.9 Å². The summed E-state index contributed by atoms with van der Waals surface area (Å²) in [5, 5.41) is 12.7. The molecule has 162 valence electrons. The largest absolute Gasteiger partial charge is 0.459 e. The molecule has 1 aromatic heterocycles. The van der Waals surface area contributed by atoms with Crippen LogP contribution in [0.15, 0.2) is 54.1 Å². The van der Waals surface area contributed by atoms with Crippen LogP contribution in [0.1, 0.15) is 55.6 Å². The van der Waals surface area contributed by atoms with Crippen molar-refractivity contribution in [3.05, 3.63) is 71.1 Å². The zero-order valence-corrected chi connectivity index (χ0v) is 18.5. The van der Waals surface area contributed by atoms with Crippen molar-refractivity contribution in [2.75, 3.05) is 0 Å². The Morgan fingerprint density at radius 2 is 1.90 bits per heavy atom. The Hall–Kier alpha value is -3.11. The maximum absolute atomic E-state index is 12.9. The molecule has 0 bridgehead atoms. The summed E-state index contributed by atoms with van der Waals surface area (Å²) < 4.78 is 4.95. The van der Waals surface area contributed by atoms with Crippen molar-refractivity contribution in [3.63, 3.8) is 0 Å². The number of carbonyl (C=O) groups is 2. The number of esters is 1. The first-order valence-corrected chi connectivity index (χ1v) is 10.1. The minimum Gasteiger partial charge on any atom is -0.459 e. The second-order valence-corrected chi connectivity index (χ2v) is 7.41. The number of nitriles is 1. The number of aromatic nitrogens is 1.